The molecule has 6 aromatic rings. The Kier molecular flexibility index (Phi) is 9.84. The Bertz CT molecular complexity index is 2640. The third-order valence-electron chi connectivity index (χ3n) is 10.8. The summed E-state index contributed by atoms with van der Waals surface area (Å²) < 4.78 is 99.2. The lowest BCUT2D eigenvalue weighted by atomic mass is 9.87. The van der Waals surface area contributed by atoms with Gasteiger partial charge in [-0.15, -0.1) is 0 Å². The topological polar surface area (TPSA) is 110 Å². The van der Waals surface area contributed by atoms with Gasteiger partial charge in [0.25, 0.3) is 20.0 Å². The molecule has 6 aromatic carbocycles. The van der Waals surface area contributed by atoms with Crippen LogP contribution in [-0.2, 0) is 32.9 Å². The van der Waals surface area contributed by atoms with Gasteiger partial charge < -0.3 is 9.47 Å². The third-order valence-corrected chi connectivity index (χ3v) is 14.6. The van der Waals surface area contributed by atoms with E-state index in [4.69, 9.17) is 9.47 Å². The molecule has 0 unspecified atom stereocenters. The van der Waals surface area contributed by atoms with Crippen LogP contribution in [0.1, 0.15) is 62.0 Å². The van der Waals surface area contributed by atoms with Crippen LogP contribution in [0.15, 0.2) is 131 Å². The first kappa shape index (κ1) is 38.8. The van der Waals surface area contributed by atoms with Gasteiger partial charge in [0, 0.05) is 11.1 Å². The van der Waals surface area contributed by atoms with Crippen molar-refractivity contribution in [2.75, 3.05) is 8.61 Å². The number of hydrogen-bond donors (Lipinski definition) is 0. The predicted octanol–water partition coefficient (Wildman–Crippen LogP) is 10.5. The summed E-state index contributed by atoms with van der Waals surface area (Å²) in [6.07, 6.45) is 0.137. The van der Waals surface area contributed by atoms with Crippen molar-refractivity contribution in [3.8, 4) is 33.8 Å². The van der Waals surface area contributed by atoms with Crippen LogP contribution in [0.3, 0.4) is 0 Å². The van der Waals surface area contributed by atoms with E-state index in [1.165, 1.54) is 81.4 Å². The van der Waals surface area contributed by atoms with Crippen LogP contribution < -0.4 is 18.1 Å². The molecule has 2 atom stereocenters. The van der Waals surface area contributed by atoms with E-state index in [-0.39, 0.29) is 21.3 Å². The van der Waals surface area contributed by atoms with Gasteiger partial charge >= 0.3 is 6.16 Å². The van der Waals surface area contributed by atoms with E-state index < -0.39 is 49.9 Å². The average molecular weight is 821 g/mol. The van der Waals surface area contributed by atoms with Gasteiger partial charge in [-0.3, -0.25) is 8.61 Å². The van der Waals surface area contributed by atoms with Crippen molar-refractivity contribution in [1.29, 1.82) is 0 Å². The minimum absolute atomic E-state index is 0.00292. The van der Waals surface area contributed by atoms with E-state index in [1.807, 2.05) is 26.0 Å². The first-order chi connectivity index (χ1) is 27.7. The maximum absolute atomic E-state index is 14.5. The molecule has 0 fully saturated rings. The Labute approximate surface area is 336 Å². The Morgan fingerprint density at radius 1 is 0.569 bits per heavy atom. The number of hydrogen-bond acceptors (Lipinski definition) is 7. The fourth-order valence-electron chi connectivity index (χ4n) is 8.11. The molecule has 0 spiro atoms. The van der Waals surface area contributed by atoms with Gasteiger partial charge in [-0.25, -0.2) is 30.4 Å². The standard InChI is InChI=1S/C45H38F2N2O7S2/c1-5-29-9-7-11-41-43(29)37-23-13-31(46)25-39(37)27(3)48(41)57(51,52)35-19-15-33(16-20-35)55-45(50)56-34-17-21-36(22-18-34)58(53,54)49-28(4)40-26-32(47)14-24-38(40)44-30(6-2)10-8-12-42(44)49/h7-28H,5-6H2,1-4H3/t27-,28-/m1/s1. The molecule has 2 aliphatic heterocycles. The Hall–Kier alpha value is -6.05. The molecule has 0 aromatic heterocycles. The normalized spacial score (nSPS) is 15.8. The van der Waals surface area contributed by atoms with Crippen LogP contribution >= 0.6 is 0 Å². The van der Waals surface area contributed by atoms with Crippen molar-refractivity contribution in [2.45, 2.75) is 62.4 Å². The zero-order chi connectivity index (χ0) is 41.1. The summed E-state index contributed by atoms with van der Waals surface area (Å²) in [6.45, 7) is 7.37. The van der Waals surface area contributed by atoms with Crippen LogP contribution in [0, 0.1) is 11.6 Å². The maximum atomic E-state index is 14.5. The van der Waals surface area contributed by atoms with Gasteiger partial charge in [-0.05, 0) is 145 Å². The highest BCUT2D eigenvalue weighted by Crippen LogP contribution is 2.50. The second-order valence-electron chi connectivity index (χ2n) is 14.1. The maximum Gasteiger partial charge on any atom is 0.519 e. The number of carbonyl (C=O) groups is 1. The molecular weight excluding hydrogens is 783 g/mol. The number of benzene rings is 6. The summed E-state index contributed by atoms with van der Waals surface area (Å²) in [6, 6.07) is 28.8. The van der Waals surface area contributed by atoms with Crippen LogP contribution in [0.25, 0.3) is 22.3 Å². The van der Waals surface area contributed by atoms with Gasteiger partial charge in [0.15, 0.2) is 0 Å². The van der Waals surface area contributed by atoms with Crippen molar-refractivity contribution in [3.05, 3.63) is 155 Å². The van der Waals surface area contributed by atoms with Crippen LogP contribution in [0.5, 0.6) is 11.5 Å². The molecule has 0 amide bonds. The Morgan fingerprint density at radius 2 is 0.948 bits per heavy atom. The van der Waals surface area contributed by atoms with Crippen molar-refractivity contribution in [1.82, 2.24) is 0 Å². The fourth-order valence-corrected chi connectivity index (χ4v) is 11.4. The van der Waals surface area contributed by atoms with E-state index in [1.54, 1.807) is 50.2 Å². The highest BCUT2D eigenvalue weighted by atomic mass is 32.2. The van der Waals surface area contributed by atoms with E-state index >= 15 is 0 Å². The summed E-state index contributed by atoms with van der Waals surface area (Å²) in [5, 5.41) is 0. The molecule has 0 radical (unpaired) electrons. The number of rotatable bonds is 8. The summed E-state index contributed by atoms with van der Waals surface area (Å²) in [5.41, 5.74) is 6.93. The number of fused-ring (bicyclic) bond motifs is 6. The van der Waals surface area contributed by atoms with Gasteiger partial charge in [0.1, 0.15) is 23.1 Å². The van der Waals surface area contributed by atoms with Crippen LogP contribution in [0.4, 0.5) is 25.0 Å². The number of sulfonamides is 2. The highest BCUT2D eigenvalue weighted by Gasteiger charge is 2.39. The predicted molar refractivity (Wildman–Crippen MR) is 218 cm³/mol. The molecule has 0 bridgehead atoms. The van der Waals surface area contributed by atoms with E-state index in [2.05, 4.69) is 0 Å². The molecular formula is C45H38F2N2O7S2. The van der Waals surface area contributed by atoms with E-state index in [9.17, 15) is 30.4 Å². The van der Waals surface area contributed by atoms with Crippen molar-refractivity contribution >= 4 is 37.6 Å². The molecule has 0 saturated heterocycles. The number of nitrogens with zero attached hydrogens (tertiary/aromatic N) is 2. The molecule has 2 aliphatic rings. The second-order valence-corrected chi connectivity index (χ2v) is 17.8. The Morgan fingerprint density at radius 3 is 1.31 bits per heavy atom. The summed E-state index contributed by atoms with van der Waals surface area (Å²) >= 11 is 0. The number of aryl methyl sites for hydroxylation is 2. The SMILES string of the molecule is CCc1cccc2c1-c1ccc(F)cc1[C@@H](C)N2S(=O)(=O)c1ccc(OC(=O)Oc2ccc(S(=O)(=O)N3c4cccc(CC)c4-c4ccc(F)cc4[C@H]3C)cc2)cc1. The van der Waals surface area contributed by atoms with Gasteiger partial charge in [-0.2, -0.15) is 0 Å². The molecule has 0 N–H and O–H groups in total. The van der Waals surface area contributed by atoms with Gasteiger partial charge in [-0.1, -0.05) is 50.2 Å². The number of carbonyl (C=O) groups excluding carboxylic acids is 1. The molecule has 13 heteroatoms. The van der Waals surface area contributed by atoms with E-state index in [0.717, 1.165) is 33.4 Å². The van der Waals surface area contributed by atoms with Crippen molar-refractivity contribution in [3.63, 3.8) is 0 Å². The van der Waals surface area contributed by atoms with Crippen molar-refractivity contribution < 1.29 is 39.9 Å². The molecule has 9 nitrogen and oxygen atoms in total. The molecule has 8 rings (SSSR count). The minimum atomic E-state index is -4.19. The van der Waals surface area contributed by atoms with Crippen LogP contribution in [-0.4, -0.2) is 23.0 Å². The fraction of sp³-hybridized carbons (Fsp3) is 0.178. The van der Waals surface area contributed by atoms with E-state index in [0.29, 0.717) is 35.3 Å². The van der Waals surface area contributed by atoms with Gasteiger partial charge in [0.2, 0.25) is 0 Å². The van der Waals surface area contributed by atoms with Gasteiger partial charge in [0.05, 0.1) is 33.2 Å². The summed E-state index contributed by atoms with van der Waals surface area (Å²) in [4.78, 5) is 12.7. The molecule has 0 saturated carbocycles. The quantitative estimate of drug-likeness (QED) is 0.111. The van der Waals surface area contributed by atoms with Crippen LogP contribution in [0.2, 0.25) is 0 Å². The lowest BCUT2D eigenvalue weighted by Gasteiger charge is -2.38. The zero-order valence-corrected chi connectivity index (χ0v) is 33.6. The smallest absolute Gasteiger partial charge is 0.395 e. The largest absolute Gasteiger partial charge is 0.519 e. The number of anilines is 2. The van der Waals surface area contributed by atoms with Crippen molar-refractivity contribution in [2.24, 2.45) is 0 Å². The molecule has 58 heavy (non-hydrogen) atoms. The monoisotopic (exact) mass is 820 g/mol. The first-order valence-electron chi connectivity index (χ1n) is 18.8. The third kappa shape index (κ3) is 6.48. The Balaban J connectivity index is 0.997. The average Bonchev–Trinajstić information content (AvgIpc) is 3.20. The summed E-state index contributed by atoms with van der Waals surface area (Å²) in [5.74, 6) is -0.943. The number of halogens is 2. The highest BCUT2D eigenvalue weighted by molar-refractivity contribution is 7.93. The number of ether oxygens (including phenoxy) is 2. The lowest BCUT2D eigenvalue weighted by molar-refractivity contribution is 0.152. The first-order valence-corrected chi connectivity index (χ1v) is 21.6. The lowest BCUT2D eigenvalue weighted by Crippen LogP contribution is -2.36. The summed E-state index contributed by atoms with van der Waals surface area (Å²) in [7, 11) is -8.39. The molecule has 2 heterocycles. The zero-order valence-electron chi connectivity index (χ0n) is 31.9. The second kappa shape index (κ2) is 14.7. The molecule has 296 valence electrons. The minimum Gasteiger partial charge on any atom is -0.395 e. The molecule has 0 aliphatic carbocycles.